The summed E-state index contributed by atoms with van der Waals surface area (Å²) in [6.07, 6.45) is 8.49. The number of hydrogen-bond acceptors (Lipinski definition) is 1. The predicted octanol–water partition coefficient (Wildman–Crippen LogP) is 5.27. The highest BCUT2D eigenvalue weighted by molar-refractivity contribution is 7.57. The van der Waals surface area contributed by atoms with Crippen molar-refractivity contribution in [3.05, 3.63) is 59.7 Å². The van der Waals surface area contributed by atoms with Gasteiger partial charge in [0.1, 0.15) is 0 Å². The maximum absolute atomic E-state index is 5.79. The molecule has 4 rings (SSSR count). The maximum atomic E-state index is 5.79. The van der Waals surface area contributed by atoms with Crippen LogP contribution >= 0.6 is 7.92 Å². The highest BCUT2D eigenvalue weighted by Crippen LogP contribution is 2.56. The Morgan fingerprint density at radius 2 is 1.43 bits per heavy atom. The average molecular weight is 324 g/mol. The fraction of sp³-hybridized carbons (Fsp3) is 0.429. The minimum absolute atomic E-state index is 0.0744. The number of hydrogen-bond donors (Lipinski definition) is 0. The van der Waals surface area contributed by atoms with Gasteiger partial charge >= 0.3 is 0 Å². The lowest BCUT2D eigenvalue weighted by Crippen LogP contribution is -2.35. The Bertz CT molecular complexity index is 642. The van der Waals surface area contributed by atoms with Crippen LogP contribution in [0.5, 0.6) is 0 Å². The van der Waals surface area contributed by atoms with Crippen molar-refractivity contribution in [1.82, 2.24) is 0 Å². The van der Waals surface area contributed by atoms with Gasteiger partial charge in [0.05, 0.1) is 6.61 Å². The summed E-state index contributed by atoms with van der Waals surface area (Å²) in [6.45, 7) is 0.805. The zero-order chi connectivity index (χ0) is 15.7. The summed E-state index contributed by atoms with van der Waals surface area (Å²) in [5, 5.41) is 0. The quantitative estimate of drug-likeness (QED) is 0.697. The van der Waals surface area contributed by atoms with Crippen LogP contribution in [-0.4, -0.2) is 32.2 Å². The lowest BCUT2D eigenvalue weighted by molar-refractivity contribution is 0.158. The van der Waals surface area contributed by atoms with Gasteiger partial charge in [0.25, 0.3) is 0 Å². The molecule has 0 aromatic heterocycles. The van der Waals surface area contributed by atoms with Gasteiger partial charge in [-0.1, -0.05) is 55.0 Å². The largest absolute Gasteiger partial charge is 0.383 e. The smallest absolute Gasteiger partial charge is 0.0603 e. The first-order chi connectivity index (χ1) is 11.3. The number of rotatable bonds is 4. The van der Waals surface area contributed by atoms with Crippen molar-refractivity contribution in [1.29, 1.82) is 0 Å². The van der Waals surface area contributed by atoms with Gasteiger partial charge in [-0.25, -0.2) is 0 Å². The lowest BCUT2D eigenvalue weighted by atomic mass is 9.81. The van der Waals surface area contributed by atoms with Gasteiger partial charge in [0.15, 0.2) is 0 Å². The van der Waals surface area contributed by atoms with E-state index in [0.29, 0.717) is 0 Å². The summed E-state index contributed by atoms with van der Waals surface area (Å²) in [5.74, 6) is 0. The Labute approximate surface area is 140 Å². The minimum atomic E-state index is 0.0744. The molecular weight excluding hydrogens is 299 g/mol. The van der Waals surface area contributed by atoms with Crippen LogP contribution in [0.15, 0.2) is 48.5 Å². The molecule has 1 aliphatic heterocycles. The van der Waals surface area contributed by atoms with Crippen molar-refractivity contribution < 1.29 is 4.74 Å². The van der Waals surface area contributed by atoms with Gasteiger partial charge in [-0.3, -0.25) is 0 Å². The van der Waals surface area contributed by atoms with Gasteiger partial charge in [-0.05, 0) is 53.6 Å². The van der Waals surface area contributed by atoms with Crippen molar-refractivity contribution >= 4 is 7.92 Å². The molecule has 1 heterocycles. The number of benzene rings is 2. The van der Waals surface area contributed by atoms with Crippen LogP contribution in [0, 0.1) is 0 Å². The van der Waals surface area contributed by atoms with E-state index in [1.807, 2.05) is 7.11 Å². The third kappa shape index (κ3) is 2.55. The first kappa shape index (κ1) is 15.4. The normalized spacial score (nSPS) is 19.3. The van der Waals surface area contributed by atoms with Crippen LogP contribution in [0.4, 0.5) is 0 Å². The Kier molecular flexibility index (Phi) is 4.26. The molecule has 2 aromatic rings. The third-order valence-corrected chi connectivity index (χ3v) is 8.39. The molecule has 0 unspecified atom stereocenters. The zero-order valence-corrected chi connectivity index (χ0v) is 14.8. The van der Waals surface area contributed by atoms with E-state index in [-0.39, 0.29) is 13.3 Å². The first-order valence-electron chi connectivity index (χ1n) is 8.76. The van der Waals surface area contributed by atoms with Crippen LogP contribution in [0.3, 0.4) is 0 Å². The molecule has 2 aromatic carbocycles. The van der Waals surface area contributed by atoms with E-state index < -0.39 is 0 Å². The second-order valence-electron chi connectivity index (χ2n) is 6.94. The van der Waals surface area contributed by atoms with Crippen molar-refractivity contribution in [2.24, 2.45) is 0 Å². The van der Waals surface area contributed by atoms with Crippen molar-refractivity contribution in [2.75, 3.05) is 32.2 Å². The van der Waals surface area contributed by atoms with E-state index in [2.05, 4.69) is 48.5 Å². The van der Waals surface area contributed by atoms with E-state index in [4.69, 9.17) is 4.74 Å². The molecule has 0 spiro atoms. The monoisotopic (exact) mass is 324 g/mol. The van der Waals surface area contributed by atoms with Crippen molar-refractivity contribution in [3.8, 4) is 11.1 Å². The molecule has 1 aliphatic carbocycles. The van der Waals surface area contributed by atoms with E-state index >= 15 is 0 Å². The van der Waals surface area contributed by atoms with E-state index in [0.717, 1.165) is 6.61 Å². The summed E-state index contributed by atoms with van der Waals surface area (Å²) in [4.78, 5) is 0. The second-order valence-corrected chi connectivity index (χ2v) is 9.50. The van der Waals surface area contributed by atoms with Gasteiger partial charge in [-0.2, -0.15) is 0 Å². The summed E-state index contributed by atoms with van der Waals surface area (Å²) >= 11 is 0. The zero-order valence-electron chi connectivity index (χ0n) is 13.9. The molecule has 0 bridgehead atoms. The summed E-state index contributed by atoms with van der Waals surface area (Å²) in [6, 6.07) is 18.0. The van der Waals surface area contributed by atoms with Gasteiger partial charge in [0, 0.05) is 12.5 Å². The summed E-state index contributed by atoms with van der Waals surface area (Å²) < 4.78 is 5.79. The van der Waals surface area contributed by atoms with Crippen molar-refractivity contribution in [3.63, 3.8) is 0 Å². The molecule has 23 heavy (non-hydrogen) atoms. The standard InChI is InChI=1S/C21H25OP/c1-22-15-21(16-23-13-7-2-8-14-23)19-11-5-3-9-17(19)18-10-4-6-12-20(18)21/h3-6,9-12H,2,7-8,13-16H2,1H3. The number of methoxy groups -OCH3 is 1. The number of ether oxygens (including phenoxy) is 1. The summed E-state index contributed by atoms with van der Waals surface area (Å²) in [7, 11) is 1.99. The molecule has 2 aliphatic rings. The van der Waals surface area contributed by atoms with Crippen LogP contribution in [0.2, 0.25) is 0 Å². The minimum Gasteiger partial charge on any atom is -0.383 e. The third-order valence-electron chi connectivity index (χ3n) is 5.51. The molecule has 0 radical (unpaired) electrons. The molecule has 1 fully saturated rings. The molecule has 2 heteroatoms. The molecule has 0 amide bonds. The van der Waals surface area contributed by atoms with Crippen LogP contribution in [0.1, 0.15) is 30.4 Å². The van der Waals surface area contributed by atoms with E-state index in [1.165, 1.54) is 60.0 Å². The average Bonchev–Trinajstić information content (AvgIpc) is 2.88. The van der Waals surface area contributed by atoms with E-state index in [1.54, 1.807) is 0 Å². The SMILES string of the molecule is COCC1(CP2CCCCC2)c2ccccc2-c2ccccc21. The van der Waals surface area contributed by atoms with Gasteiger partial charge in [-0.15, -0.1) is 7.92 Å². The summed E-state index contributed by atoms with van der Waals surface area (Å²) in [5.41, 5.74) is 5.91. The Balaban J connectivity index is 1.83. The molecule has 0 saturated carbocycles. The molecule has 1 saturated heterocycles. The first-order valence-corrected chi connectivity index (χ1v) is 10.7. The molecule has 0 N–H and O–H groups in total. The van der Waals surface area contributed by atoms with Crippen molar-refractivity contribution in [2.45, 2.75) is 24.7 Å². The highest BCUT2D eigenvalue weighted by Gasteiger charge is 2.44. The second kappa shape index (κ2) is 6.38. The fourth-order valence-electron chi connectivity index (χ4n) is 4.53. The lowest BCUT2D eigenvalue weighted by Gasteiger charge is -2.36. The van der Waals surface area contributed by atoms with Crippen LogP contribution in [0.25, 0.3) is 11.1 Å². The molecule has 0 atom stereocenters. The highest BCUT2D eigenvalue weighted by atomic mass is 31.1. The topological polar surface area (TPSA) is 9.23 Å². The number of fused-ring (bicyclic) bond motifs is 3. The van der Waals surface area contributed by atoms with Gasteiger partial charge in [0.2, 0.25) is 0 Å². The van der Waals surface area contributed by atoms with Gasteiger partial charge < -0.3 is 4.74 Å². The Morgan fingerprint density at radius 1 is 0.870 bits per heavy atom. The molecular formula is C21H25OP. The predicted molar refractivity (Wildman–Crippen MR) is 99.9 cm³/mol. The van der Waals surface area contributed by atoms with Crippen LogP contribution in [-0.2, 0) is 10.2 Å². The fourth-order valence-corrected chi connectivity index (χ4v) is 7.61. The maximum Gasteiger partial charge on any atom is 0.0603 e. The Morgan fingerprint density at radius 3 is 2.00 bits per heavy atom. The van der Waals surface area contributed by atoms with E-state index in [9.17, 15) is 0 Å². The Hall–Kier alpha value is -1.17. The molecule has 120 valence electrons. The molecule has 1 nitrogen and oxygen atoms in total. The van der Waals surface area contributed by atoms with Crippen LogP contribution < -0.4 is 0 Å².